The van der Waals surface area contributed by atoms with E-state index in [1.807, 2.05) is 61.2 Å². The largest absolute Gasteiger partial charge is 0.497 e. The van der Waals surface area contributed by atoms with Gasteiger partial charge in [0, 0.05) is 43.4 Å². The van der Waals surface area contributed by atoms with Crippen LogP contribution in [0.1, 0.15) is 21.5 Å². The molecule has 0 aliphatic carbocycles. The molecule has 1 aliphatic heterocycles. The van der Waals surface area contributed by atoms with E-state index < -0.39 is 0 Å². The van der Waals surface area contributed by atoms with Crippen molar-refractivity contribution in [2.45, 2.75) is 13.8 Å². The van der Waals surface area contributed by atoms with E-state index in [0.717, 1.165) is 52.6 Å². The van der Waals surface area contributed by atoms with Gasteiger partial charge in [0.1, 0.15) is 17.9 Å². The number of ether oxygens (including phenoxy) is 1. The highest BCUT2D eigenvalue weighted by molar-refractivity contribution is 5.94. The van der Waals surface area contributed by atoms with Crippen molar-refractivity contribution in [2.75, 3.05) is 38.2 Å². The molecule has 0 spiro atoms. The molecule has 0 saturated carbocycles. The Labute approximate surface area is 177 Å². The zero-order valence-electron chi connectivity index (χ0n) is 17.6. The predicted molar refractivity (Wildman–Crippen MR) is 118 cm³/mol. The van der Waals surface area contributed by atoms with Crippen LogP contribution >= 0.6 is 0 Å². The summed E-state index contributed by atoms with van der Waals surface area (Å²) in [5.74, 6) is 1.80. The van der Waals surface area contributed by atoms with E-state index in [1.54, 1.807) is 13.4 Å². The van der Waals surface area contributed by atoms with Gasteiger partial charge in [0.15, 0.2) is 0 Å². The van der Waals surface area contributed by atoms with Crippen LogP contribution in [0.15, 0.2) is 54.9 Å². The molecule has 2 heterocycles. The van der Waals surface area contributed by atoms with Gasteiger partial charge in [-0.1, -0.05) is 17.2 Å². The zero-order chi connectivity index (χ0) is 21.1. The second kappa shape index (κ2) is 8.53. The predicted octanol–water partition coefficient (Wildman–Crippen LogP) is 3.73. The number of carbonyl (C=O) groups is 1. The second-order valence-electron chi connectivity index (χ2n) is 7.65. The Hall–Kier alpha value is -3.41. The Morgan fingerprint density at radius 2 is 1.57 bits per heavy atom. The van der Waals surface area contributed by atoms with Crippen LogP contribution in [0, 0.1) is 13.8 Å². The molecule has 6 heteroatoms. The molecular weight excluding hydrogens is 376 g/mol. The van der Waals surface area contributed by atoms with Gasteiger partial charge < -0.3 is 14.5 Å². The van der Waals surface area contributed by atoms with Gasteiger partial charge in [-0.2, -0.15) is 0 Å². The first-order valence-electron chi connectivity index (χ1n) is 10.1. The number of aromatic nitrogens is 2. The van der Waals surface area contributed by atoms with E-state index >= 15 is 0 Å². The van der Waals surface area contributed by atoms with Crippen LogP contribution in [0.5, 0.6) is 5.75 Å². The fraction of sp³-hybridized carbons (Fsp3) is 0.292. The fourth-order valence-corrected chi connectivity index (χ4v) is 3.86. The molecule has 1 amide bonds. The van der Waals surface area contributed by atoms with E-state index in [4.69, 9.17) is 4.74 Å². The molecule has 154 valence electrons. The van der Waals surface area contributed by atoms with Gasteiger partial charge in [0.25, 0.3) is 5.91 Å². The lowest BCUT2D eigenvalue weighted by atomic mass is 10.1. The van der Waals surface area contributed by atoms with Crippen LogP contribution < -0.4 is 9.64 Å². The van der Waals surface area contributed by atoms with Crippen molar-refractivity contribution in [1.82, 2.24) is 14.9 Å². The molecule has 6 nitrogen and oxygen atoms in total. The van der Waals surface area contributed by atoms with Gasteiger partial charge in [0.2, 0.25) is 0 Å². The van der Waals surface area contributed by atoms with Crippen LogP contribution in [0.25, 0.3) is 11.3 Å². The summed E-state index contributed by atoms with van der Waals surface area (Å²) in [6.45, 7) is 6.89. The maximum atomic E-state index is 12.9. The number of rotatable bonds is 4. The van der Waals surface area contributed by atoms with Crippen LogP contribution in [-0.2, 0) is 0 Å². The Kier molecular flexibility index (Phi) is 5.65. The minimum absolute atomic E-state index is 0.100. The molecule has 0 N–H and O–H groups in total. The number of carbonyl (C=O) groups excluding carboxylic acids is 1. The first kappa shape index (κ1) is 19.9. The summed E-state index contributed by atoms with van der Waals surface area (Å²) in [4.78, 5) is 25.9. The minimum Gasteiger partial charge on any atom is -0.497 e. The van der Waals surface area contributed by atoms with Crippen LogP contribution in [0.2, 0.25) is 0 Å². The fourth-order valence-electron chi connectivity index (χ4n) is 3.86. The molecule has 2 aromatic carbocycles. The van der Waals surface area contributed by atoms with Crippen molar-refractivity contribution in [2.24, 2.45) is 0 Å². The van der Waals surface area contributed by atoms with Gasteiger partial charge >= 0.3 is 0 Å². The van der Waals surface area contributed by atoms with Crippen LogP contribution in [0.3, 0.4) is 0 Å². The zero-order valence-corrected chi connectivity index (χ0v) is 17.6. The molecule has 1 saturated heterocycles. The molecule has 1 fully saturated rings. The van der Waals surface area contributed by atoms with Crippen molar-refractivity contribution in [3.63, 3.8) is 0 Å². The first-order valence-corrected chi connectivity index (χ1v) is 10.1. The molecule has 30 heavy (non-hydrogen) atoms. The summed E-state index contributed by atoms with van der Waals surface area (Å²) < 4.78 is 5.23. The second-order valence-corrected chi connectivity index (χ2v) is 7.65. The van der Waals surface area contributed by atoms with E-state index in [1.165, 1.54) is 0 Å². The third-order valence-electron chi connectivity index (χ3n) is 5.40. The SMILES string of the molecule is COc1ccc(-c2cc(N3CCN(C(=O)c4cc(C)cc(C)c4)CC3)ncn2)cc1. The highest BCUT2D eigenvalue weighted by atomic mass is 16.5. The van der Waals surface area contributed by atoms with E-state index in [0.29, 0.717) is 13.1 Å². The maximum absolute atomic E-state index is 12.9. The number of benzene rings is 2. The summed E-state index contributed by atoms with van der Waals surface area (Å²) in [6.07, 6.45) is 1.60. The van der Waals surface area contributed by atoms with Crippen LogP contribution in [-0.4, -0.2) is 54.1 Å². The number of aryl methyl sites for hydroxylation is 2. The molecule has 1 aromatic heterocycles. The van der Waals surface area contributed by atoms with Gasteiger partial charge in [-0.25, -0.2) is 9.97 Å². The van der Waals surface area contributed by atoms with Crippen molar-refractivity contribution >= 4 is 11.7 Å². The molecule has 0 bridgehead atoms. The maximum Gasteiger partial charge on any atom is 0.253 e. The van der Waals surface area contributed by atoms with E-state index in [2.05, 4.69) is 20.9 Å². The molecule has 3 aromatic rings. The number of amides is 1. The normalized spacial score (nSPS) is 14.0. The van der Waals surface area contributed by atoms with Crippen molar-refractivity contribution in [1.29, 1.82) is 0 Å². The highest BCUT2D eigenvalue weighted by Crippen LogP contribution is 2.24. The smallest absolute Gasteiger partial charge is 0.253 e. The standard InChI is InChI=1S/C24H26N4O2/c1-17-12-18(2)14-20(13-17)24(29)28-10-8-27(9-11-28)23-15-22(25-16-26-23)19-4-6-21(30-3)7-5-19/h4-7,12-16H,8-11H2,1-3H3. The van der Waals surface area contributed by atoms with Gasteiger partial charge in [-0.05, 0) is 50.2 Å². The van der Waals surface area contributed by atoms with Crippen molar-refractivity contribution in [3.8, 4) is 17.0 Å². The van der Waals surface area contributed by atoms with Crippen molar-refractivity contribution in [3.05, 3.63) is 71.5 Å². The quantitative estimate of drug-likeness (QED) is 0.666. The summed E-state index contributed by atoms with van der Waals surface area (Å²) in [7, 11) is 1.66. The molecule has 0 unspecified atom stereocenters. The Balaban J connectivity index is 1.44. The Morgan fingerprint density at radius 1 is 0.900 bits per heavy atom. The average molecular weight is 402 g/mol. The number of hydrogen-bond acceptors (Lipinski definition) is 5. The summed E-state index contributed by atoms with van der Waals surface area (Å²) in [5, 5.41) is 0. The average Bonchev–Trinajstić information content (AvgIpc) is 2.78. The Morgan fingerprint density at radius 3 is 2.20 bits per heavy atom. The number of anilines is 1. The number of methoxy groups -OCH3 is 1. The van der Waals surface area contributed by atoms with E-state index in [-0.39, 0.29) is 5.91 Å². The summed E-state index contributed by atoms with van der Waals surface area (Å²) >= 11 is 0. The number of piperazine rings is 1. The molecule has 1 aliphatic rings. The lowest BCUT2D eigenvalue weighted by molar-refractivity contribution is 0.0746. The summed E-state index contributed by atoms with van der Waals surface area (Å²) in [5.41, 5.74) is 4.89. The molecule has 0 radical (unpaired) electrons. The first-order chi connectivity index (χ1) is 14.5. The van der Waals surface area contributed by atoms with Crippen LogP contribution in [0.4, 0.5) is 5.82 Å². The lowest BCUT2D eigenvalue weighted by Gasteiger charge is -2.35. The number of hydrogen-bond donors (Lipinski definition) is 0. The topological polar surface area (TPSA) is 58.6 Å². The van der Waals surface area contributed by atoms with Gasteiger partial charge in [-0.15, -0.1) is 0 Å². The minimum atomic E-state index is 0.100. The third-order valence-corrected chi connectivity index (χ3v) is 5.40. The highest BCUT2D eigenvalue weighted by Gasteiger charge is 2.23. The summed E-state index contributed by atoms with van der Waals surface area (Å²) in [6, 6.07) is 15.9. The monoisotopic (exact) mass is 402 g/mol. The van der Waals surface area contributed by atoms with E-state index in [9.17, 15) is 4.79 Å². The third kappa shape index (κ3) is 4.27. The lowest BCUT2D eigenvalue weighted by Crippen LogP contribution is -2.49. The Bertz CT molecular complexity index is 1020. The van der Waals surface area contributed by atoms with Crippen molar-refractivity contribution < 1.29 is 9.53 Å². The molecule has 4 rings (SSSR count). The molecule has 0 atom stereocenters. The van der Waals surface area contributed by atoms with Gasteiger partial charge in [0.05, 0.1) is 12.8 Å². The molecular formula is C24H26N4O2. The number of nitrogens with zero attached hydrogens (tertiary/aromatic N) is 4. The van der Waals surface area contributed by atoms with Gasteiger partial charge in [-0.3, -0.25) is 4.79 Å².